The zero-order valence-corrected chi connectivity index (χ0v) is 15.3. The number of nitrogens with zero attached hydrogens (tertiary/aromatic N) is 4. The van der Waals surface area contributed by atoms with E-state index in [1.807, 2.05) is 48.2 Å². The summed E-state index contributed by atoms with van der Waals surface area (Å²) in [6, 6.07) is 9.80. The summed E-state index contributed by atoms with van der Waals surface area (Å²) in [7, 11) is 8.82. The Balaban J connectivity index is 2.25. The molecular formula is C18H24N5O2+. The molecule has 132 valence electrons. The molecule has 7 nitrogen and oxygen atoms in total. The van der Waals surface area contributed by atoms with Gasteiger partial charge < -0.3 is 19.6 Å². The molecule has 1 atom stereocenters. The van der Waals surface area contributed by atoms with Gasteiger partial charge in [-0.15, -0.1) is 0 Å². The number of carbonyl (C=O) groups is 2. The van der Waals surface area contributed by atoms with Crippen molar-refractivity contribution in [3.8, 4) is 6.07 Å². The molecule has 0 aromatic heterocycles. The van der Waals surface area contributed by atoms with E-state index in [9.17, 15) is 14.9 Å². The van der Waals surface area contributed by atoms with Crippen molar-refractivity contribution in [2.45, 2.75) is 0 Å². The Kier molecular flexibility index (Phi) is 5.45. The summed E-state index contributed by atoms with van der Waals surface area (Å²) < 4.78 is 0. The SMILES string of the molecule is CN(C)C(=O)C[NH+](C)CC(=O)C(C#N)=C1N(C)c2ccccc2N1C. The van der Waals surface area contributed by atoms with Crippen LogP contribution in [-0.2, 0) is 9.59 Å². The number of likely N-dealkylation sites (N-methyl/N-ethyl adjacent to an activating group) is 2. The minimum Gasteiger partial charge on any atom is -0.344 e. The molecule has 0 saturated carbocycles. The number of anilines is 2. The zero-order valence-electron chi connectivity index (χ0n) is 15.3. The number of carbonyl (C=O) groups excluding carboxylic acids is 2. The van der Waals surface area contributed by atoms with Crippen LogP contribution in [0.3, 0.4) is 0 Å². The fraction of sp³-hybridized carbons (Fsp3) is 0.389. The molecule has 0 bridgehead atoms. The summed E-state index contributed by atoms with van der Waals surface area (Å²) in [5.41, 5.74) is 2.01. The monoisotopic (exact) mass is 342 g/mol. The zero-order chi connectivity index (χ0) is 18.7. The minimum absolute atomic E-state index is 0.0565. The number of Topliss-reactive ketones (excluding diaryl/α,β-unsaturated/α-hetero) is 1. The molecule has 0 fully saturated rings. The Hall–Kier alpha value is -2.85. The number of hydrogen-bond acceptors (Lipinski definition) is 5. The first-order chi connectivity index (χ1) is 11.8. The van der Waals surface area contributed by atoms with Crippen LogP contribution < -0.4 is 14.7 Å². The average Bonchev–Trinajstić information content (AvgIpc) is 2.81. The molecule has 2 rings (SSSR count). The van der Waals surface area contributed by atoms with Gasteiger partial charge in [0.05, 0.1) is 18.4 Å². The maximum atomic E-state index is 12.7. The van der Waals surface area contributed by atoms with Crippen molar-refractivity contribution in [2.24, 2.45) is 0 Å². The van der Waals surface area contributed by atoms with Gasteiger partial charge in [0.25, 0.3) is 5.91 Å². The lowest BCUT2D eigenvalue weighted by atomic mass is 10.1. The van der Waals surface area contributed by atoms with E-state index in [-0.39, 0.29) is 30.4 Å². The van der Waals surface area contributed by atoms with E-state index in [1.165, 1.54) is 4.90 Å². The first-order valence-corrected chi connectivity index (χ1v) is 8.03. The second-order valence-electron chi connectivity index (χ2n) is 6.44. The number of nitrogens with one attached hydrogen (secondary N) is 1. The lowest BCUT2D eigenvalue weighted by Crippen LogP contribution is -3.11. The van der Waals surface area contributed by atoms with Crippen molar-refractivity contribution in [3.63, 3.8) is 0 Å². The fourth-order valence-corrected chi connectivity index (χ4v) is 2.90. The van der Waals surface area contributed by atoms with Crippen LogP contribution in [0.15, 0.2) is 35.7 Å². The maximum absolute atomic E-state index is 12.7. The number of rotatable bonds is 5. The van der Waals surface area contributed by atoms with Crippen molar-refractivity contribution in [1.82, 2.24) is 4.90 Å². The number of amides is 1. The second kappa shape index (κ2) is 7.36. The van der Waals surface area contributed by atoms with E-state index in [0.717, 1.165) is 16.3 Å². The Morgan fingerprint density at radius 2 is 1.64 bits per heavy atom. The predicted octanol–water partition coefficient (Wildman–Crippen LogP) is -0.520. The molecule has 25 heavy (non-hydrogen) atoms. The van der Waals surface area contributed by atoms with Gasteiger partial charge in [0.2, 0.25) is 5.78 Å². The standard InChI is InChI=1S/C18H23N5O2/c1-20(2)17(25)12-21(3)11-16(24)13(10-19)18-22(4)14-8-6-7-9-15(14)23(18)5/h6-9H,11-12H2,1-5H3/p+1. The van der Waals surface area contributed by atoms with Crippen LogP contribution in [-0.4, -0.2) is 64.9 Å². The van der Waals surface area contributed by atoms with Crippen LogP contribution in [0.5, 0.6) is 0 Å². The van der Waals surface area contributed by atoms with Gasteiger partial charge in [-0.25, -0.2) is 0 Å². The number of quaternary nitrogens is 1. The van der Waals surface area contributed by atoms with Crippen LogP contribution in [0.25, 0.3) is 0 Å². The summed E-state index contributed by atoms with van der Waals surface area (Å²) >= 11 is 0. The van der Waals surface area contributed by atoms with Crippen LogP contribution in [0, 0.1) is 11.3 Å². The molecule has 1 heterocycles. The molecule has 0 radical (unpaired) electrons. The topological polar surface area (TPSA) is 72.1 Å². The first kappa shape index (κ1) is 18.5. The van der Waals surface area contributed by atoms with Crippen molar-refractivity contribution >= 4 is 23.1 Å². The van der Waals surface area contributed by atoms with E-state index in [1.54, 1.807) is 21.1 Å². The maximum Gasteiger partial charge on any atom is 0.277 e. The summed E-state index contributed by atoms with van der Waals surface area (Å²) in [6.45, 7) is 0.294. The van der Waals surface area contributed by atoms with Crippen molar-refractivity contribution in [2.75, 3.05) is 58.1 Å². The summed E-state index contributed by atoms with van der Waals surface area (Å²) in [5, 5.41) is 9.59. The van der Waals surface area contributed by atoms with Gasteiger partial charge in [0, 0.05) is 28.2 Å². The number of para-hydroxylation sites is 2. The predicted molar refractivity (Wildman–Crippen MR) is 96.2 cm³/mol. The normalized spacial score (nSPS) is 14.0. The number of fused-ring (bicyclic) bond motifs is 1. The highest BCUT2D eigenvalue weighted by Crippen LogP contribution is 2.40. The lowest BCUT2D eigenvalue weighted by Gasteiger charge is -2.21. The summed E-state index contributed by atoms with van der Waals surface area (Å²) in [4.78, 5) is 30.4. The highest BCUT2D eigenvalue weighted by molar-refractivity contribution is 6.03. The smallest absolute Gasteiger partial charge is 0.277 e. The Morgan fingerprint density at radius 3 is 2.08 bits per heavy atom. The minimum atomic E-state index is -0.270. The van der Waals surface area contributed by atoms with Gasteiger partial charge in [-0.3, -0.25) is 9.59 Å². The molecule has 1 amide bonds. The van der Waals surface area contributed by atoms with Gasteiger partial charge in [-0.05, 0) is 12.1 Å². The first-order valence-electron chi connectivity index (χ1n) is 8.03. The fourth-order valence-electron chi connectivity index (χ4n) is 2.90. The molecule has 7 heteroatoms. The Labute approximate surface area is 148 Å². The van der Waals surface area contributed by atoms with Crippen LogP contribution >= 0.6 is 0 Å². The molecule has 1 aromatic rings. The Morgan fingerprint density at radius 1 is 1.12 bits per heavy atom. The summed E-state index contributed by atoms with van der Waals surface area (Å²) in [5.74, 6) is 0.243. The molecule has 1 aliphatic heterocycles. The van der Waals surface area contributed by atoms with E-state index in [0.29, 0.717) is 5.82 Å². The van der Waals surface area contributed by atoms with E-state index in [4.69, 9.17) is 0 Å². The molecule has 1 N–H and O–H groups in total. The molecule has 1 aromatic carbocycles. The van der Waals surface area contributed by atoms with Crippen LogP contribution in [0.1, 0.15) is 0 Å². The van der Waals surface area contributed by atoms with Gasteiger partial charge in [0.15, 0.2) is 6.54 Å². The second-order valence-corrected chi connectivity index (χ2v) is 6.44. The Bertz CT molecular complexity index is 732. The average molecular weight is 342 g/mol. The largest absolute Gasteiger partial charge is 0.344 e. The van der Waals surface area contributed by atoms with E-state index < -0.39 is 0 Å². The molecule has 0 aliphatic carbocycles. The number of ketones is 1. The summed E-state index contributed by atoms with van der Waals surface area (Å²) in [6.07, 6.45) is 0. The third-order valence-electron chi connectivity index (χ3n) is 4.27. The van der Waals surface area contributed by atoms with Crippen molar-refractivity contribution < 1.29 is 14.5 Å². The van der Waals surface area contributed by atoms with E-state index in [2.05, 4.69) is 6.07 Å². The molecule has 0 saturated heterocycles. The number of nitriles is 1. The van der Waals surface area contributed by atoms with Crippen LogP contribution in [0.2, 0.25) is 0 Å². The van der Waals surface area contributed by atoms with Gasteiger partial charge in [-0.2, -0.15) is 5.26 Å². The van der Waals surface area contributed by atoms with Gasteiger partial charge in [0.1, 0.15) is 24.0 Å². The molecular weight excluding hydrogens is 318 g/mol. The molecule has 0 spiro atoms. The third kappa shape index (κ3) is 3.64. The highest BCUT2D eigenvalue weighted by Gasteiger charge is 2.32. The van der Waals surface area contributed by atoms with E-state index >= 15 is 0 Å². The lowest BCUT2D eigenvalue weighted by molar-refractivity contribution is -0.862. The van der Waals surface area contributed by atoms with Crippen molar-refractivity contribution in [3.05, 3.63) is 35.7 Å². The van der Waals surface area contributed by atoms with Gasteiger partial charge >= 0.3 is 0 Å². The number of benzene rings is 1. The quantitative estimate of drug-likeness (QED) is 0.576. The molecule has 1 aliphatic rings. The van der Waals surface area contributed by atoms with Crippen LogP contribution in [0.4, 0.5) is 11.4 Å². The van der Waals surface area contributed by atoms with Gasteiger partial charge in [-0.1, -0.05) is 12.1 Å². The third-order valence-corrected chi connectivity index (χ3v) is 4.27. The highest BCUT2D eigenvalue weighted by atomic mass is 16.2. The van der Waals surface area contributed by atoms with Crippen molar-refractivity contribution in [1.29, 1.82) is 5.26 Å². The number of hydrogen-bond donors (Lipinski definition) is 1. The molecule has 1 unspecified atom stereocenters.